The summed E-state index contributed by atoms with van der Waals surface area (Å²) in [7, 11) is 0. The van der Waals surface area contributed by atoms with Gasteiger partial charge in [-0.15, -0.1) is 11.3 Å². The summed E-state index contributed by atoms with van der Waals surface area (Å²) in [6, 6.07) is 13.5. The van der Waals surface area contributed by atoms with Crippen LogP contribution in [-0.4, -0.2) is 9.97 Å². The van der Waals surface area contributed by atoms with E-state index < -0.39 is 0 Å². The number of pyridine rings is 1. The highest BCUT2D eigenvalue weighted by molar-refractivity contribution is 7.13. The lowest BCUT2D eigenvalue weighted by Crippen LogP contribution is -1.81. The number of nitrogens with zero attached hydrogens (tertiary/aromatic N) is 3. The Morgan fingerprint density at radius 3 is 2.79 bits per heavy atom. The number of aromatic nitrogens is 2. The number of hydrogen-bond acceptors (Lipinski definition) is 4. The predicted molar refractivity (Wildman–Crippen MR) is 75.5 cm³/mol. The molecule has 0 saturated carbocycles. The number of nitriles is 1. The van der Waals surface area contributed by atoms with Crippen LogP contribution in [-0.2, 0) is 0 Å². The van der Waals surface area contributed by atoms with Crippen molar-refractivity contribution in [1.82, 2.24) is 9.97 Å². The topological polar surface area (TPSA) is 49.6 Å². The second-order valence-electron chi connectivity index (χ2n) is 3.97. The molecule has 3 rings (SSSR count). The van der Waals surface area contributed by atoms with Gasteiger partial charge in [-0.2, -0.15) is 5.26 Å². The van der Waals surface area contributed by atoms with Gasteiger partial charge < -0.3 is 0 Å². The second-order valence-corrected chi connectivity index (χ2v) is 4.83. The second kappa shape index (κ2) is 5.01. The van der Waals surface area contributed by atoms with Gasteiger partial charge in [0.15, 0.2) is 0 Å². The summed E-state index contributed by atoms with van der Waals surface area (Å²) in [5.74, 6) is 0. The van der Waals surface area contributed by atoms with Gasteiger partial charge >= 0.3 is 0 Å². The van der Waals surface area contributed by atoms with E-state index in [1.807, 2.05) is 35.7 Å². The van der Waals surface area contributed by atoms with E-state index in [-0.39, 0.29) is 0 Å². The average Bonchev–Trinajstić information content (AvgIpc) is 2.98. The van der Waals surface area contributed by atoms with E-state index >= 15 is 0 Å². The highest BCUT2D eigenvalue weighted by Crippen LogP contribution is 2.28. The molecule has 0 N–H and O–H groups in total. The maximum Gasteiger partial charge on any atom is 0.125 e. The van der Waals surface area contributed by atoms with E-state index in [0.29, 0.717) is 5.56 Å². The minimum absolute atomic E-state index is 0.647. The number of thiazole rings is 1. The van der Waals surface area contributed by atoms with Crippen LogP contribution < -0.4 is 0 Å². The third kappa shape index (κ3) is 2.37. The molecule has 19 heavy (non-hydrogen) atoms. The Bertz CT molecular complexity index is 741. The van der Waals surface area contributed by atoms with Gasteiger partial charge in [0.1, 0.15) is 5.01 Å². The molecule has 0 aliphatic carbocycles. The van der Waals surface area contributed by atoms with Crippen LogP contribution in [0.5, 0.6) is 0 Å². The first kappa shape index (κ1) is 11.6. The molecular weight excluding hydrogens is 254 g/mol. The minimum atomic E-state index is 0.647. The standard InChI is InChI=1S/C15H9N3S/c16-8-11-3-1-4-12(7-11)14-10-19-15(18-14)13-5-2-6-17-9-13/h1-7,9-10H. The average molecular weight is 263 g/mol. The van der Waals surface area contributed by atoms with Gasteiger partial charge in [-0.1, -0.05) is 12.1 Å². The van der Waals surface area contributed by atoms with Crippen molar-refractivity contribution in [3.8, 4) is 27.9 Å². The lowest BCUT2D eigenvalue weighted by atomic mass is 10.1. The van der Waals surface area contributed by atoms with Crippen LogP contribution in [0.25, 0.3) is 21.8 Å². The largest absolute Gasteiger partial charge is 0.264 e. The van der Waals surface area contributed by atoms with Crippen molar-refractivity contribution in [1.29, 1.82) is 5.26 Å². The smallest absolute Gasteiger partial charge is 0.125 e. The summed E-state index contributed by atoms with van der Waals surface area (Å²) < 4.78 is 0. The van der Waals surface area contributed by atoms with Gasteiger partial charge in [0.25, 0.3) is 0 Å². The third-order valence-electron chi connectivity index (χ3n) is 2.70. The summed E-state index contributed by atoms with van der Waals surface area (Å²) in [6.45, 7) is 0. The van der Waals surface area contributed by atoms with Gasteiger partial charge in [0.2, 0.25) is 0 Å². The summed E-state index contributed by atoms with van der Waals surface area (Å²) in [5.41, 5.74) is 3.51. The highest BCUT2D eigenvalue weighted by Gasteiger charge is 2.07. The fourth-order valence-electron chi connectivity index (χ4n) is 1.78. The monoisotopic (exact) mass is 263 g/mol. The van der Waals surface area contributed by atoms with Crippen LogP contribution in [0.3, 0.4) is 0 Å². The summed E-state index contributed by atoms with van der Waals surface area (Å²) in [6.07, 6.45) is 3.54. The maximum absolute atomic E-state index is 8.92. The predicted octanol–water partition coefficient (Wildman–Crippen LogP) is 3.74. The van der Waals surface area contributed by atoms with Gasteiger partial charge in [-0.3, -0.25) is 4.98 Å². The van der Waals surface area contributed by atoms with Gasteiger partial charge in [-0.25, -0.2) is 4.98 Å². The van der Waals surface area contributed by atoms with Gasteiger partial charge in [-0.05, 0) is 24.3 Å². The van der Waals surface area contributed by atoms with Crippen molar-refractivity contribution in [3.63, 3.8) is 0 Å². The molecule has 2 aromatic heterocycles. The molecule has 0 aliphatic rings. The molecule has 0 fully saturated rings. The van der Waals surface area contributed by atoms with Crippen molar-refractivity contribution in [3.05, 3.63) is 59.7 Å². The van der Waals surface area contributed by atoms with Crippen LogP contribution in [0.1, 0.15) is 5.56 Å². The molecule has 3 aromatic rings. The van der Waals surface area contributed by atoms with Crippen molar-refractivity contribution in [2.45, 2.75) is 0 Å². The third-order valence-corrected chi connectivity index (χ3v) is 3.59. The first-order valence-corrected chi connectivity index (χ1v) is 6.61. The highest BCUT2D eigenvalue weighted by atomic mass is 32.1. The number of benzene rings is 1. The lowest BCUT2D eigenvalue weighted by Gasteiger charge is -1.97. The molecule has 0 atom stereocenters. The fourth-order valence-corrected chi connectivity index (χ4v) is 2.60. The molecule has 2 heterocycles. The van der Waals surface area contributed by atoms with Crippen molar-refractivity contribution in [2.24, 2.45) is 0 Å². The van der Waals surface area contributed by atoms with E-state index in [2.05, 4.69) is 16.0 Å². The Hall–Kier alpha value is -2.51. The molecule has 3 nitrogen and oxygen atoms in total. The first-order valence-electron chi connectivity index (χ1n) is 5.73. The number of rotatable bonds is 2. The van der Waals surface area contributed by atoms with E-state index in [1.165, 1.54) is 0 Å². The van der Waals surface area contributed by atoms with Crippen molar-refractivity contribution < 1.29 is 0 Å². The Balaban J connectivity index is 2.00. The molecule has 0 amide bonds. The zero-order chi connectivity index (χ0) is 13.1. The Morgan fingerprint density at radius 1 is 1.11 bits per heavy atom. The maximum atomic E-state index is 8.92. The number of hydrogen-bond donors (Lipinski definition) is 0. The molecule has 0 saturated heterocycles. The van der Waals surface area contributed by atoms with E-state index in [0.717, 1.165) is 21.8 Å². The fraction of sp³-hybridized carbons (Fsp3) is 0. The zero-order valence-corrected chi connectivity index (χ0v) is 10.8. The van der Waals surface area contributed by atoms with Crippen LogP contribution in [0.2, 0.25) is 0 Å². The van der Waals surface area contributed by atoms with Crippen LogP contribution in [0.4, 0.5) is 0 Å². The molecule has 4 heteroatoms. The molecule has 0 radical (unpaired) electrons. The molecule has 90 valence electrons. The molecule has 0 unspecified atom stereocenters. The Kier molecular flexibility index (Phi) is 3.05. The molecule has 0 spiro atoms. The Morgan fingerprint density at radius 2 is 2.00 bits per heavy atom. The van der Waals surface area contributed by atoms with Crippen LogP contribution in [0, 0.1) is 11.3 Å². The summed E-state index contributed by atoms with van der Waals surface area (Å²) in [4.78, 5) is 8.69. The van der Waals surface area contributed by atoms with Crippen molar-refractivity contribution in [2.75, 3.05) is 0 Å². The van der Waals surface area contributed by atoms with E-state index in [4.69, 9.17) is 5.26 Å². The molecule has 1 aromatic carbocycles. The first-order chi connectivity index (χ1) is 9.36. The van der Waals surface area contributed by atoms with E-state index in [9.17, 15) is 0 Å². The lowest BCUT2D eigenvalue weighted by molar-refractivity contribution is 1.31. The van der Waals surface area contributed by atoms with E-state index in [1.54, 1.807) is 29.8 Å². The molecule has 0 bridgehead atoms. The zero-order valence-electron chi connectivity index (χ0n) is 9.95. The molecular formula is C15H9N3S. The van der Waals surface area contributed by atoms with Gasteiger partial charge in [0, 0.05) is 28.9 Å². The summed E-state index contributed by atoms with van der Waals surface area (Å²) in [5, 5.41) is 11.9. The van der Waals surface area contributed by atoms with Gasteiger partial charge in [0.05, 0.1) is 17.3 Å². The normalized spacial score (nSPS) is 10.1. The molecule has 0 aliphatic heterocycles. The van der Waals surface area contributed by atoms with Crippen molar-refractivity contribution >= 4 is 11.3 Å². The quantitative estimate of drug-likeness (QED) is 0.707. The Labute approximate surface area is 114 Å². The summed E-state index contributed by atoms with van der Waals surface area (Å²) >= 11 is 1.58. The SMILES string of the molecule is N#Cc1cccc(-c2csc(-c3cccnc3)n2)c1. The van der Waals surface area contributed by atoms with Crippen LogP contribution in [0.15, 0.2) is 54.2 Å². The minimum Gasteiger partial charge on any atom is -0.264 e. The van der Waals surface area contributed by atoms with Crippen LogP contribution >= 0.6 is 11.3 Å².